The van der Waals surface area contributed by atoms with E-state index in [1.807, 2.05) is 35.7 Å². The average Bonchev–Trinajstić information content (AvgIpc) is 3.81. The molecule has 3 aromatic rings. The SMILES string of the molecule is CCCCCNCCSSCCN.COC(=O)c1ccccc1C(=O)OC.[B][B][B]CC.c1c[nH]cn1.c1c[nH]cn1. The zero-order valence-electron chi connectivity index (χ0n) is 25.3. The molecule has 0 aliphatic rings. The Balaban J connectivity index is 0. The molecule has 228 valence electrons. The number of H-pyrrole nitrogens is 2. The van der Waals surface area contributed by atoms with Crippen molar-refractivity contribution in [2.24, 2.45) is 5.73 Å². The number of carbonyl (C=O) groups is 2. The molecule has 0 bridgehead atoms. The Morgan fingerprint density at radius 1 is 0.929 bits per heavy atom. The summed E-state index contributed by atoms with van der Waals surface area (Å²) in [5.41, 5.74) is 5.79. The number of carbonyl (C=O) groups excluding carboxylic acids is 2. The van der Waals surface area contributed by atoms with Crippen LogP contribution in [0.4, 0.5) is 0 Å². The van der Waals surface area contributed by atoms with Crippen molar-refractivity contribution < 1.29 is 19.1 Å². The fourth-order valence-corrected chi connectivity index (χ4v) is 4.34. The molecule has 0 atom stereocenters. The second kappa shape index (κ2) is 34.6. The summed E-state index contributed by atoms with van der Waals surface area (Å²) in [6, 6.07) is 6.33. The monoisotopic (exact) mass is 614 g/mol. The van der Waals surface area contributed by atoms with Crippen LogP contribution in [0.2, 0.25) is 6.32 Å². The number of unbranched alkanes of at least 4 members (excludes halogenated alkanes) is 2. The minimum absolute atomic E-state index is 0.210. The van der Waals surface area contributed by atoms with Crippen LogP contribution in [-0.4, -0.2) is 99.2 Å². The molecule has 2 aromatic heterocycles. The fraction of sp³-hybridized carbons (Fsp3) is 0.481. The van der Waals surface area contributed by atoms with Crippen LogP contribution in [0.1, 0.15) is 53.8 Å². The number of nitrogens with zero attached hydrogens (tertiary/aromatic N) is 2. The maximum absolute atomic E-state index is 11.2. The molecular formula is C27H45B3N6O4S2. The van der Waals surface area contributed by atoms with Crippen LogP contribution in [0.15, 0.2) is 61.7 Å². The predicted octanol–water partition coefficient (Wildman–Crippen LogP) is 4.02. The Kier molecular flexibility index (Phi) is 34.2. The van der Waals surface area contributed by atoms with Crippen molar-refractivity contribution >= 4 is 55.5 Å². The first-order valence-electron chi connectivity index (χ1n) is 13.7. The predicted molar refractivity (Wildman–Crippen MR) is 180 cm³/mol. The summed E-state index contributed by atoms with van der Waals surface area (Å²) in [5, 5.41) is 3.43. The van der Waals surface area contributed by atoms with Crippen molar-refractivity contribution in [1.29, 1.82) is 0 Å². The van der Waals surface area contributed by atoms with Gasteiger partial charge in [0.25, 0.3) is 0 Å². The van der Waals surface area contributed by atoms with Gasteiger partial charge in [0.15, 0.2) is 0 Å². The highest BCUT2D eigenvalue weighted by Gasteiger charge is 2.16. The van der Waals surface area contributed by atoms with Gasteiger partial charge in [0, 0.05) is 64.2 Å². The standard InChI is InChI=1S/C10H10O4.C9H22N2S2.2C3H4N2.C2H5B3/c1-13-9(11)7-5-3-4-6-8(7)10(12)14-2;1-2-3-4-6-11-7-9-13-12-8-5-10;2*1-2-5-3-4-1;1-2-4-5-3/h3-6H,1-2H3;11H,2-10H2,1H3;2*1-3H,(H,4,5);2H2,1H3. The molecule has 1 aromatic carbocycles. The van der Waals surface area contributed by atoms with E-state index in [-0.39, 0.29) is 11.1 Å². The maximum atomic E-state index is 11.2. The third-order valence-corrected chi connectivity index (χ3v) is 6.96. The van der Waals surface area contributed by atoms with Gasteiger partial charge in [0.05, 0.1) is 45.2 Å². The minimum Gasteiger partial charge on any atom is -0.465 e. The molecule has 0 saturated carbocycles. The quantitative estimate of drug-likeness (QED) is 0.0909. The number of esters is 2. The molecule has 0 unspecified atom stereocenters. The minimum atomic E-state index is -0.550. The molecule has 2 heterocycles. The number of rotatable bonds is 14. The highest BCUT2D eigenvalue weighted by Crippen LogP contribution is 2.18. The fourth-order valence-electron chi connectivity index (χ4n) is 2.53. The zero-order chi connectivity index (χ0) is 31.5. The number of aromatic amines is 2. The van der Waals surface area contributed by atoms with E-state index in [1.54, 1.807) is 56.6 Å². The highest BCUT2D eigenvalue weighted by molar-refractivity contribution is 8.76. The topological polar surface area (TPSA) is 148 Å². The summed E-state index contributed by atoms with van der Waals surface area (Å²) >= 11 is 0. The van der Waals surface area contributed by atoms with E-state index in [1.165, 1.54) is 57.9 Å². The van der Waals surface area contributed by atoms with E-state index >= 15 is 0 Å². The van der Waals surface area contributed by atoms with Crippen LogP contribution in [0, 0.1) is 0 Å². The largest absolute Gasteiger partial charge is 0.465 e. The van der Waals surface area contributed by atoms with Gasteiger partial charge in [0.2, 0.25) is 0 Å². The van der Waals surface area contributed by atoms with Gasteiger partial charge >= 0.3 is 11.9 Å². The lowest BCUT2D eigenvalue weighted by atomic mass is 9.27. The summed E-state index contributed by atoms with van der Waals surface area (Å²) in [7, 11) is 14.7. The molecule has 0 saturated heterocycles. The Labute approximate surface area is 262 Å². The molecule has 0 fully saturated rings. The van der Waals surface area contributed by atoms with Gasteiger partial charge < -0.3 is 30.5 Å². The Morgan fingerprint density at radius 2 is 1.48 bits per heavy atom. The van der Waals surface area contributed by atoms with Crippen molar-refractivity contribution in [1.82, 2.24) is 25.3 Å². The number of imidazole rings is 2. The Morgan fingerprint density at radius 3 is 1.81 bits per heavy atom. The average molecular weight is 614 g/mol. The third kappa shape index (κ3) is 27.6. The van der Waals surface area contributed by atoms with Gasteiger partial charge in [-0.05, 0) is 25.1 Å². The Hall–Kier alpha value is -2.61. The number of hydrogen-bond donors (Lipinski definition) is 4. The number of benzene rings is 1. The molecule has 0 amide bonds. The molecule has 0 spiro atoms. The van der Waals surface area contributed by atoms with Crippen molar-refractivity contribution in [2.75, 3.05) is 45.4 Å². The van der Waals surface area contributed by atoms with Crippen LogP contribution in [0.3, 0.4) is 0 Å². The van der Waals surface area contributed by atoms with Crippen LogP contribution in [-0.2, 0) is 9.47 Å². The molecule has 10 nitrogen and oxygen atoms in total. The molecule has 15 heteroatoms. The lowest BCUT2D eigenvalue weighted by Crippen LogP contribution is -2.18. The summed E-state index contributed by atoms with van der Waals surface area (Å²) in [4.78, 5) is 35.3. The Bertz CT molecular complexity index is 838. The maximum Gasteiger partial charge on any atom is 0.338 e. The number of hydrogen-bond acceptors (Lipinski definition) is 10. The normalized spacial score (nSPS) is 9.07. The summed E-state index contributed by atoms with van der Waals surface area (Å²) in [6.45, 7) is 7.38. The lowest BCUT2D eigenvalue weighted by Gasteiger charge is -2.04. The molecule has 3 rings (SSSR count). The number of methoxy groups -OCH3 is 2. The smallest absolute Gasteiger partial charge is 0.338 e. The summed E-state index contributed by atoms with van der Waals surface area (Å²) in [6.07, 6.45) is 15.2. The molecule has 5 N–H and O–H groups in total. The first-order chi connectivity index (χ1) is 20.5. The number of nitrogens with two attached hydrogens (primary N) is 1. The van der Waals surface area contributed by atoms with Gasteiger partial charge in [-0.15, -0.1) is 0 Å². The molecule has 42 heavy (non-hydrogen) atoms. The first kappa shape index (κ1) is 41.5. The van der Waals surface area contributed by atoms with Crippen molar-refractivity contribution in [3.05, 3.63) is 72.8 Å². The zero-order valence-corrected chi connectivity index (χ0v) is 26.9. The van der Waals surface area contributed by atoms with Crippen LogP contribution >= 0.6 is 21.6 Å². The molecule has 0 aliphatic heterocycles. The van der Waals surface area contributed by atoms with Gasteiger partial charge in [-0.3, -0.25) is 0 Å². The van der Waals surface area contributed by atoms with Gasteiger partial charge in [-0.2, -0.15) is 0 Å². The summed E-state index contributed by atoms with van der Waals surface area (Å²) in [5.74, 6) is 1.16. The molecule has 0 aliphatic carbocycles. The van der Waals surface area contributed by atoms with Crippen LogP contribution in [0.5, 0.6) is 0 Å². The van der Waals surface area contributed by atoms with E-state index < -0.39 is 11.9 Å². The van der Waals surface area contributed by atoms with Crippen molar-refractivity contribution in [2.45, 2.75) is 39.4 Å². The van der Waals surface area contributed by atoms with Crippen LogP contribution in [0.25, 0.3) is 0 Å². The van der Waals surface area contributed by atoms with Crippen molar-refractivity contribution in [3.63, 3.8) is 0 Å². The highest BCUT2D eigenvalue weighted by atomic mass is 33.1. The lowest BCUT2D eigenvalue weighted by molar-refractivity contribution is 0.0555. The molecular weight excluding hydrogens is 569 g/mol. The van der Waals surface area contributed by atoms with E-state index in [0.717, 1.165) is 25.2 Å². The number of aromatic nitrogens is 4. The third-order valence-electron chi connectivity index (χ3n) is 4.53. The number of nitrogens with one attached hydrogen (secondary N) is 3. The van der Waals surface area contributed by atoms with E-state index in [9.17, 15) is 9.59 Å². The first-order valence-corrected chi connectivity index (χ1v) is 16.2. The van der Waals surface area contributed by atoms with Crippen molar-refractivity contribution in [3.8, 4) is 0 Å². The number of ether oxygens (including phenoxy) is 2. The second-order valence-electron chi connectivity index (χ2n) is 7.78. The summed E-state index contributed by atoms with van der Waals surface area (Å²) < 4.78 is 9.05. The van der Waals surface area contributed by atoms with E-state index in [4.69, 9.17) is 13.5 Å². The van der Waals surface area contributed by atoms with Crippen LogP contribution < -0.4 is 11.1 Å². The van der Waals surface area contributed by atoms with Gasteiger partial charge in [-0.1, -0.05) is 66.7 Å². The van der Waals surface area contributed by atoms with Gasteiger partial charge in [-0.25, -0.2) is 19.6 Å². The second-order valence-corrected chi connectivity index (χ2v) is 10.5. The van der Waals surface area contributed by atoms with E-state index in [2.05, 4.69) is 41.7 Å². The van der Waals surface area contributed by atoms with Gasteiger partial charge in [0.1, 0.15) is 0 Å². The molecule has 4 radical (unpaired) electrons. The van der Waals surface area contributed by atoms with E-state index in [0.29, 0.717) is 0 Å².